The van der Waals surface area contributed by atoms with Crippen molar-refractivity contribution in [3.8, 4) is 0 Å². The number of hydrogen-bond donors (Lipinski definition) is 2. The Labute approximate surface area is 105 Å². The van der Waals surface area contributed by atoms with Gasteiger partial charge in [0, 0.05) is 5.56 Å². The predicted octanol–water partition coefficient (Wildman–Crippen LogP) is 2.41. The lowest BCUT2D eigenvalue weighted by Gasteiger charge is -2.01. The number of hydrogen-bond acceptors (Lipinski definition) is 2. The highest BCUT2D eigenvalue weighted by Crippen LogP contribution is 2.26. The Kier molecular flexibility index (Phi) is 4.44. The van der Waals surface area contributed by atoms with Gasteiger partial charge in [0.15, 0.2) is 5.11 Å². The smallest absolute Gasteiger partial charge is 0.184 e. The maximum absolute atomic E-state index is 13.5. The van der Waals surface area contributed by atoms with E-state index in [-0.39, 0.29) is 15.1 Å². The first-order chi connectivity index (χ1) is 7.02. The molecule has 0 amide bonds. The summed E-state index contributed by atoms with van der Waals surface area (Å²) >= 11 is 13.2. The molecule has 0 bridgehead atoms. The zero-order valence-corrected chi connectivity index (χ0v) is 10.5. The van der Waals surface area contributed by atoms with Crippen molar-refractivity contribution >= 4 is 51.1 Å². The van der Waals surface area contributed by atoms with Crippen molar-refractivity contribution in [3.63, 3.8) is 0 Å². The van der Waals surface area contributed by atoms with Gasteiger partial charge < -0.3 is 5.73 Å². The van der Waals surface area contributed by atoms with Crippen molar-refractivity contribution in [1.82, 2.24) is 5.43 Å². The van der Waals surface area contributed by atoms with Crippen LogP contribution in [0.2, 0.25) is 5.02 Å². The van der Waals surface area contributed by atoms with Gasteiger partial charge in [-0.2, -0.15) is 5.10 Å². The van der Waals surface area contributed by atoms with Crippen molar-refractivity contribution < 1.29 is 4.39 Å². The Bertz CT molecular complexity index is 425. The van der Waals surface area contributed by atoms with Crippen LogP contribution in [0.3, 0.4) is 0 Å². The lowest BCUT2D eigenvalue weighted by atomic mass is 10.2. The highest BCUT2D eigenvalue weighted by Gasteiger charge is 2.07. The first-order valence-electron chi connectivity index (χ1n) is 3.74. The Morgan fingerprint density at radius 1 is 1.67 bits per heavy atom. The van der Waals surface area contributed by atoms with Crippen LogP contribution in [-0.2, 0) is 0 Å². The number of benzene rings is 1. The molecule has 0 heterocycles. The molecule has 0 radical (unpaired) electrons. The Balaban J connectivity index is 2.92. The molecule has 0 aliphatic carbocycles. The summed E-state index contributed by atoms with van der Waals surface area (Å²) in [5.74, 6) is -0.490. The van der Waals surface area contributed by atoms with Crippen molar-refractivity contribution in [1.29, 1.82) is 0 Å². The maximum atomic E-state index is 13.5. The van der Waals surface area contributed by atoms with E-state index in [9.17, 15) is 4.39 Å². The molecule has 0 unspecified atom stereocenters. The first-order valence-corrected chi connectivity index (χ1v) is 5.32. The molecule has 1 aromatic rings. The molecule has 0 fully saturated rings. The molecule has 0 atom stereocenters. The van der Waals surface area contributed by atoms with Crippen LogP contribution in [0.15, 0.2) is 21.7 Å². The molecular weight excluding hydrogens is 305 g/mol. The van der Waals surface area contributed by atoms with Gasteiger partial charge in [-0.15, -0.1) is 0 Å². The molecule has 0 aromatic heterocycles. The van der Waals surface area contributed by atoms with Gasteiger partial charge in [-0.1, -0.05) is 11.6 Å². The average molecular weight is 311 g/mol. The van der Waals surface area contributed by atoms with Crippen LogP contribution in [-0.4, -0.2) is 11.3 Å². The topological polar surface area (TPSA) is 50.4 Å². The fraction of sp³-hybridized carbons (Fsp3) is 0. The van der Waals surface area contributed by atoms with Gasteiger partial charge >= 0.3 is 0 Å². The SMILES string of the molecule is NC(=S)NN=Cc1ccc(Cl)c(Br)c1F. The quantitative estimate of drug-likeness (QED) is 0.382. The van der Waals surface area contributed by atoms with Crippen molar-refractivity contribution in [3.05, 3.63) is 33.0 Å². The predicted molar refractivity (Wildman–Crippen MR) is 66.6 cm³/mol. The molecule has 0 aliphatic rings. The van der Waals surface area contributed by atoms with Gasteiger partial charge in [-0.3, -0.25) is 5.43 Å². The summed E-state index contributed by atoms with van der Waals surface area (Å²) in [6, 6.07) is 3.05. The summed E-state index contributed by atoms with van der Waals surface area (Å²) in [5.41, 5.74) is 7.72. The van der Waals surface area contributed by atoms with E-state index in [1.807, 2.05) is 0 Å². The van der Waals surface area contributed by atoms with E-state index in [1.54, 1.807) is 6.07 Å². The Morgan fingerprint density at radius 3 is 2.93 bits per heavy atom. The summed E-state index contributed by atoms with van der Waals surface area (Å²) in [6.45, 7) is 0. The second-order valence-corrected chi connectivity index (χ2v) is 4.14. The van der Waals surface area contributed by atoms with Gasteiger partial charge in [0.05, 0.1) is 15.7 Å². The van der Waals surface area contributed by atoms with Crippen LogP contribution in [0, 0.1) is 5.82 Å². The van der Waals surface area contributed by atoms with Gasteiger partial charge in [-0.25, -0.2) is 4.39 Å². The molecule has 3 N–H and O–H groups in total. The second kappa shape index (κ2) is 5.39. The third-order valence-corrected chi connectivity index (χ3v) is 2.85. The number of nitrogens with two attached hydrogens (primary N) is 1. The molecule has 0 aliphatic heterocycles. The highest BCUT2D eigenvalue weighted by atomic mass is 79.9. The summed E-state index contributed by atoms with van der Waals surface area (Å²) in [5, 5.41) is 3.94. The summed E-state index contributed by atoms with van der Waals surface area (Å²) < 4.78 is 13.7. The molecule has 1 rings (SSSR count). The van der Waals surface area contributed by atoms with E-state index in [2.05, 4.69) is 38.7 Å². The molecule has 0 saturated carbocycles. The van der Waals surface area contributed by atoms with Crippen molar-refractivity contribution in [2.45, 2.75) is 0 Å². The van der Waals surface area contributed by atoms with E-state index >= 15 is 0 Å². The first kappa shape index (κ1) is 12.4. The average Bonchev–Trinajstić information content (AvgIpc) is 2.18. The van der Waals surface area contributed by atoms with Crippen LogP contribution >= 0.6 is 39.7 Å². The summed E-state index contributed by atoms with van der Waals surface area (Å²) in [6.07, 6.45) is 1.26. The van der Waals surface area contributed by atoms with Gasteiger partial charge in [0.25, 0.3) is 0 Å². The number of nitrogens with zero attached hydrogens (tertiary/aromatic N) is 1. The van der Waals surface area contributed by atoms with Crippen LogP contribution in [0.25, 0.3) is 0 Å². The molecule has 0 saturated heterocycles. The van der Waals surface area contributed by atoms with Gasteiger partial charge in [-0.05, 0) is 40.3 Å². The third kappa shape index (κ3) is 3.40. The number of nitrogens with one attached hydrogen (secondary N) is 1. The van der Waals surface area contributed by atoms with E-state index in [0.717, 1.165) is 0 Å². The molecule has 1 aromatic carbocycles. The number of halogens is 3. The minimum atomic E-state index is -0.490. The van der Waals surface area contributed by atoms with Crippen molar-refractivity contribution in [2.75, 3.05) is 0 Å². The zero-order valence-electron chi connectivity index (χ0n) is 7.30. The zero-order chi connectivity index (χ0) is 11.4. The second-order valence-electron chi connectivity index (χ2n) is 2.50. The molecule has 80 valence electrons. The van der Waals surface area contributed by atoms with Crippen LogP contribution in [0.5, 0.6) is 0 Å². The Morgan fingerprint density at radius 2 is 2.33 bits per heavy atom. The lowest BCUT2D eigenvalue weighted by Crippen LogP contribution is -2.24. The normalized spacial score (nSPS) is 10.6. The number of hydrazone groups is 1. The molecular formula is C8H6BrClFN3S. The number of thiocarbonyl (C=S) groups is 1. The van der Waals surface area contributed by atoms with Crippen LogP contribution < -0.4 is 11.2 Å². The summed E-state index contributed by atoms with van der Waals surface area (Å²) in [4.78, 5) is 0. The lowest BCUT2D eigenvalue weighted by molar-refractivity contribution is 0.619. The molecule has 15 heavy (non-hydrogen) atoms. The van der Waals surface area contributed by atoms with Crippen LogP contribution in [0.1, 0.15) is 5.56 Å². The minimum absolute atomic E-state index is 0.0136. The van der Waals surface area contributed by atoms with E-state index in [4.69, 9.17) is 17.3 Å². The largest absolute Gasteiger partial charge is 0.375 e. The van der Waals surface area contributed by atoms with E-state index in [1.165, 1.54) is 12.3 Å². The van der Waals surface area contributed by atoms with Crippen LogP contribution in [0.4, 0.5) is 4.39 Å². The fourth-order valence-corrected chi connectivity index (χ4v) is 1.37. The fourth-order valence-electron chi connectivity index (χ4n) is 0.806. The monoisotopic (exact) mass is 309 g/mol. The number of rotatable bonds is 2. The van der Waals surface area contributed by atoms with Gasteiger partial charge in [0.1, 0.15) is 5.82 Å². The van der Waals surface area contributed by atoms with Gasteiger partial charge in [0.2, 0.25) is 0 Å². The molecule has 0 spiro atoms. The standard InChI is InChI=1S/C8H6BrClFN3S/c9-6-5(10)2-1-4(7(6)11)3-13-14-8(12)15/h1-3H,(H3,12,14,15). The summed E-state index contributed by atoms with van der Waals surface area (Å²) in [7, 11) is 0. The Hall–Kier alpha value is -0.720. The minimum Gasteiger partial charge on any atom is -0.375 e. The van der Waals surface area contributed by atoms with E-state index in [0.29, 0.717) is 5.02 Å². The highest BCUT2D eigenvalue weighted by molar-refractivity contribution is 9.10. The van der Waals surface area contributed by atoms with Crippen molar-refractivity contribution in [2.24, 2.45) is 10.8 Å². The molecule has 7 heteroatoms. The maximum Gasteiger partial charge on any atom is 0.184 e. The third-order valence-electron chi connectivity index (χ3n) is 1.44. The van der Waals surface area contributed by atoms with E-state index < -0.39 is 5.82 Å². The molecule has 3 nitrogen and oxygen atoms in total.